The minimum atomic E-state index is -0.0963. The molecule has 0 radical (unpaired) electrons. The molecule has 1 N–H and O–H groups in total. The Bertz CT molecular complexity index is 525. The third-order valence-corrected chi connectivity index (χ3v) is 3.82. The van der Waals surface area contributed by atoms with Crippen molar-refractivity contribution < 1.29 is 14.3 Å². The minimum absolute atomic E-state index is 0.0264. The van der Waals surface area contributed by atoms with E-state index < -0.39 is 0 Å². The number of benzene rings is 1. The van der Waals surface area contributed by atoms with Crippen LogP contribution < -0.4 is 15.0 Å². The predicted octanol–water partition coefficient (Wildman–Crippen LogP) is 0.870. The number of nitrogens with zero attached hydrogens (tertiary/aromatic N) is 2. The zero-order chi connectivity index (χ0) is 15.9. The standard InChI is InChI=1S/C16H23N3O3/c1-3-15(20)17-12-16(21)19-10-8-18(9-11-19)13-6-4-5-7-14(13)22-2/h4-7H,3,8-12H2,1-2H3,(H,17,20). The van der Waals surface area contributed by atoms with Crippen LogP contribution in [0.1, 0.15) is 13.3 Å². The highest BCUT2D eigenvalue weighted by Crippen LogP contribution is 2.28. The highest BCUT2D eigenvalue weighted by molar-refractivity contribution is 5.84. The van der Waals surface area contributed by atoms with Crippen molar-refractivity contribution in [2.45, 2.75) is 13.3 Å². The molecule has 0 bridgehead atoms. The lowest BCUT2D eigenvalue weighted by molar-refractivity contribution is -0.133. The summed E-state index contributed by atoms with van der Waals surface area (Å²) in [5.41, 5.74) is 1.05. The van der Waals surface area contributed by atoms with Gasteiger partial charge in [0.05, 0.1) is 19.3 Å². The van der Waals surface area contributed by atoms with Crippen LogP contribution in [-0.2, 0) is 9.59 Å². The number of amides is 2. The van der Waals surface area contributed by atoms with Gasteiger partial charge in [-0.15, -0.1) is 0 Å². The normalized spacial score (nSPS) is 14.6. The summed E-state index contributed by atoms with van der Waals surface area (Å²) in [6, 6.07) is 7.89. The number of para-hydroxylation sites is 2. The molecule has 2 rings (SSSR count). The second kappa shape index (κ2) is 7.68. The van der Waals surface area contributed by atoms with Crippen molar-refractivity contribution in [3.63, 3.8) is 0 Å². The summed E-state index contributed by atoms with van der Waals surface area (Å²) >= 11 is 0. The van der Waals surface area contributed by atoms with Gasteiger partial charge in [0.25, 0.3) is 0 Å². The van der Waals surface area contributed by atoms with Crippen LogP contribution in [0.4, 0.5) is 5.69 Å². The molecular formula is C16H23N3O3. The second-order valence-corrected chi connectivity index (χ2v) is 5.17. The van der Waals surface area contributed by atoms with E-state index in [0.29, 0.717) is 19.5 Å². The summed E-state index contributed by atoms with van der Waals surface area (Å²) < 4.78 is 5.38. The Morgan fingerprint density at radius 3 is 2.50 bits per heavy atom. The fourth-order valence-corrected chi connectivity index (χ4v) is 2.50. The molecule has 1 aliphatic heterocycles. The van der Waals surface area contributed by atoms with Crippen molar-refractivity contribution in [3.05, 3.63) is 24.3 Å². The van der Waals surface area contributed by atoms with Crippen molar-refractivity contribution >= 4 is 17.5 Å². The van der Waals surface area contributed by atoms with Gasteiger partial charge in [-0.05, 0) is 12.1 Å². The van der Waals surface area contributed by atoms with Crippen molar-refractivity contribution in [1.29, 1.82) is 0 Å². The highest BCUT2D eigenvalue weighted by Gasteiger charge is 2.22. The van der Waals surface area contributed by atoms with Gasteiger partial charge in [-0.25, -0.2) is 0 Å². The number of piperazine rings is 1. The van der Waals surface area contributed by atoms with E-state index in [9.17, 15) is 9.59 Å². The largest absolute Gasteiger partial charge is 0.495 e. The Morgan fingerprint density at radius 1 is 1.18 bits per heavy atom. The first-order valence-corrected chi connectivity index (χ1v) is 7.58. The molecule has 1 aromatic rings. The first-order valence-electron chi connectivity index (χ1n) is 7.58. The second-order valence-electron chi connectivity index (χ2n) is 5.17. The molecule has 6 heteroatoms. The van der Waals surface area contributed by atoms with Gasteiger partial charge in [-0.1, -0.05) is 19.1 Å². The van der Waals surface area contributed by atoms with Crippen molar-refractivity contribution in [3.8, 4) is 5.75 Å². The molecule has 22 heavy (non-hydrogen) atoms. The molecule has 1 heterocycles. The van der Waals surface area contributed by atoms with Crippen LogP contribution in [0.25, 0.3) is 0 Å². The Labute approximate surface area is 131 Å². The smallest absolute Gasteiger partial charge is 0.242 e. The van der Waals surface area contributed by atoms with Gasteiger partial charge in [0, 0.05) is 32.6 Å². The van der Waals surface area contributed by atoms with Crippen molar-refractivity contribution in [1.82, 2.24) is 10.2 Å². The van der Waals surface area contributed by atoms with Crippen molar-refractivity contribution in [2.75, 3.05) is 44.7 Å². The maximum absolute atomic E-state index is 12.1. The Morgan fingerprint density at radius 2 is 1.86 bits per heavy atom. The summed E-state index contributed by atoms with van der Waals surface area (Å²) in [5, 5.41) is 2.63. The quantitative estimate of drug-likeness (QED) is 0.877. The maximum Gasteiger partial charge on any atom is 0.242 e. The zero-order valence-electron chi connectivity index (χ0n) is 13.2. The van der Waals surface area contributed by atoms with E-state index >= 15 is 0 Å². The van der Waals surface area contributed by atoms with Gasteiger partial charge in [-0.2, -0.15) is 0 Å². The van der Waals surface area contributed by atoms with E-state index in [0.717, 1.165) is 24.5 Å². The van der Waals surface area contributed by atoms with E-state index in [2.05, 4.69) is 10.2 Å². The topological polar surface area (TPSA) is 61.9 Å². The number of methoxy groups -OCH3 is 1. The fourth-order valence-electron chi connectivity index (χ4n) is 2.50. The van der Waals surface area contributed by atoms with Crippen LogP contribution >= 0.6 is 0 Å². The molecular weight excluding hydrogens is 282 g/mol. The van der Waals surface area contributed by atoms with Gasteiger partial charge in [0.1, 0.15) is 5.75 Å². The summed E-state index contributed by atoms with van der Waals surface area (Å²) in [4.78, 5) is 27.3. The average molecular weight is 305 g/mol. The van der Waals surface area contributed by atoms with E-state index in [1.165, 1.54) is 0 Å². The molecule has 1 saturated heterocycles. The van der Waals surface area contributed by atoms with E-state index in [1.54, 1.807) is 18.9 Å². The zero-order valence-corrected chi connectivity index (χ0v) is 13.2. The molecule has 0 aliphatic carbocycles. The molecule has 0 saturated carbocycles. The number of carbonyl (C=O) groups is 2. The van der Waals surface area contributed by atoms with Crippen LogP contribution in [0.2, 0.25) is 0 Å². The fraction of sp³-hybridized carbons (Fsp3) is 0.500. The lowest BCUT2D eigenvalue weighted by Crippen LogP contribution is -2.51. The number of anilines is 1. The van der Waals surface area contributed by atoms with Gasteiger partial charge in [0.15, 0.2) is 0 Å². The molecule has 1 aliphatic rings. The Hall–Kier alpha value is -2.24. The van der Waals surface area contributed by atoms with Crippen LogP contribution in [0, 0.1) is 0 Å². The molecule has 0 unspecified atom stereocenters. The first-order chi connectivity index (χ1) is 10.7. The number of hydrogen-bond acceptors (Lipinski definition) is 4. The third-order valence-electron chi connectivity index (χ3n) is 3.82. The van der Waals surface area contributed by atoms with Gasteiger partial charge >= 0.3 is 0 Å². The molecule has 6 nitrogen and oxygen atoms in total. The van der Waals surface area contributed by atoms with Gasteiger partial charge < -0.3 is 19.9 Å². The molecule has 120 valence electrons. The Balaban J connectivity index is 1.87. The molecule has 1 aromatic carbocycles. The van der Waals surface area contributed by atoms with Gasteiger partial charge in [0.2, 0.25) is 11.8 Å². The molecule has 0 spiro atoms. The average Bonchev–Trinajstić information content (AvgIpc) is 2.59. The number of nitrogens with one attached hydrogen (secondary N) is 1. The van der Waals surface area contributed by atoms with Crippen LogP contribution in [0.3, 0.4) is 0 Å². The van der Waals surface area contributed by atoms with Crippen LogP contribution in [0.15, 0.2) is 24.3 Å². The van der Waals surface area contributed by atoms with Crippen LogP contribution in [0.5, 0.6) is 5.75 Å². The molecule has 2 amide bonds. The number of rotatable bonds is 5. The monoisotopic (exact) mass is 305 g/mol. The lowest BCUT2D eigenvalue weighted by atomic mass is 10.2. The lowest BCUT2D eigenvalue weighted by Gasteiger charge is -2.36. The number of ether oxygens (including phenoxy) is 1. The van der Waals surface area contributed by atoms with Gasteiger partial charge in [-0.3, -0.25) is 9.59 Å². The minimum Gasteiger partial charge on any atom is -0.495 e. The summed E-state index contributed by atoms with van der Waals surface area (Å²) in [6.45, 7) is 4.67. The predicted molar refractivity (Wildman–Crippen MR) is 85.1 cm³/mol. The van der Waals surface area contributed by atoms with Crippen molar-refractivity contribution in [2.24, 2.45) is 0 Å². The SMILES string of the molecule is CCC(=O)NCC(=O)N1CCN(c2ccccc2OC)CC1. The van der Waals surface area contributed by atoms with E-state index in [-0.39, 0.29) is 18.4 Å². The summed E-state index contributed by atoms with van der Waals surface area (Å²) in [6.07, 6.45) is 0.398. The number of hydrogen-bond donors (Lipinski definition) is 1. The summed E-state index contributed by atoms with van der Waals surface area (Å²) in [5.74, 6) is 0.722. The van der Waals surface area contributed by atoms with Crippen LogP contribution in [-0.4, -0.2) is 56.5 Å². The third kappa shape index (κ3) is 3.90. The van der Waals surface area contributed by atoms with E-state index in [1.807, 2.05) is 24.3 Å². The molecule has 1 fully saturated rings. The molecule has 0 aromatic heterocycles. The maximum atomic E-state index is 12.1. The molecule has 0 atom stereocenters. The summed E-state index contributed by atoms with van der Waals surface area (Å²) in [7, 11) is 1.66. The Kier molecular flexibility index (Phi) is 5.63. The first kappa shape index (κ1) is 16.1. The highest BCUT2D eigenvalue weighted by atomic mass is 16.5. The van der Waals surface area contributed by atoms with E-state index in [4.69, 9.17) is 4.74 Å². The number of carbonyl (C=O) groups excluding carboxylic acids is 2.